The van der Waals surface area contributed by atoms with E-state index in [1.807, 2.05) is 26.0 Å². The molecule has 3 rings (SSSR count). The number of unbranched alkanes of at least 4 members (excludes halogenated alkanes) is 1. The first-order chi connectivity index (χ1) is 16.5. The molecule has 184 valence electrons. The molecule has 0 heterocycles. The third-order valence-electron chi connectivity index (χ3n) is 6.73. The van der Waals surface area contributed by atoms with E-state index in [2.05, 4.69) is 87.5 Å². The molecule has 0 N–H and O–H groups in total. The van der Waals surface area contributed by atoms with E-state index >= 15 is 0 Å². The van der Waals surface area contributed by atoms with Gasteiger partial charge in [-0.1, -0.05) is 124 Å². The summed E-state index contributed by atoms with van der Waals surface area (Å²) in [4.78, 5) is 12.1. The molecule has 34 heavy (non-hydrogen) atoms. The van der Waals surface area contributed by atoms with Crippen LogP contribution in [0.5, 0.6) is 0 Å². The molecule has 0 amide bonds. The number of carbonyl (C=O) groups is 1. The fourth-order valence-corrected chi connectivity index (χ4v) is 4.62. The summed E-state index contributed by atoms with van der Waals surface area (Å²) in [6.45, 7) is 10.8. The summed E-state index contributed by atoms with van der Waals surface area (Å²) in [5, 5.41) is 0. The van der Waals surface area contributed by atoms with Crippen LogP contribution in [0.3, 0.4) is 0 Å². The minimum absolute atomic E-state index is 0. The number of benzene rings is 3. The summed E-state index contributed by atoms with van der Waals surface area (Å²) in [5.74, 6) is 1.55. The van der Waals surface area contributed by atoms with Gasteiger partial charge in [-0.3, -0.25) is 4.79 Å². The second-order valence-electron chi connectivity index (χ2n) is 9.54. The Morgan fingerprint density at radius 1 is 0.735 bits per heavy atom. The first-order valence-electron chi connectivity index (χ1n) is 13.2. The molecule has 3 aromatic rings. The van der Waals surface area contributed by atoms with Crippen LogP contribution in [0.1, 0.15) is 106 Å². The zero-order chi connectivity index (χ0) is 24.8. The van der Waals surface area contributed by atoms with Gasteiger partial charge in [0.05, 0.1) is 0 Å². The van der Waals surface area contributed by atoms with Crippen LogP contribution in [0, 0.1) is 19.8 Å². The number of aryl methyl sites for hydroxylation is 2. The molecule has 0 bridgehead atoms. The van der Waals surface area contributed by atoms with Gasteiger partial charge < -0.3 is 0 Å². The predicted octanol–water partition coefficient (Wildman–Crippen LogP) is 9.96. The van der Waals surface area contributed by atoms with Crippen molar-refractivity contribution in [1.29, 1.82) is 0 Å². The van der Waals surface area contributed by atoms with Crippen molar-refractivity contribution in [2.24, 2.45) is 5.92 Å². The van der Waals surface area contributed by atoms with Crippen molar-refractivity contribution in [2.45, 2.75) is 85.5 Å². The average molecular weight is 459 g/mol. The van der Waals surface area contributed by atoms with Gasteiger partial charge in [-0.15, -0.1) is 0 Å². The lowest BCUT2D eigenvalue weighted by Gasteiger charge is -2.17. The van der Waals surface area contributed by atoms with Crippen molar-refractivity contribution in [3.05, 3.63) is 107 Å². The van der Waals surface area contributed by atoms with Crippen LogP contribution in [-0.2, 0) is 0 Å². The fraction of sp³-hybridized carbons (Fsp3) is 0.424. The highest BCUT2D eigenvalue weighted by Crippen LogP contribution is 2.29. The Balaban J connectivity index is 0.000000340. The van der Waals surface area contributed by atoms with Crippen molar-refractivity contribution >= 4 is 5.78 Å². The molecule has 3 aromatic carbocycles. The first-order valence-corrected chi connectivity index (χ1v) is 13.2. The summed E-state index contributed by atoms with van der Waals surface area (Å²) < 4.78 is 0. The summed E-state index contributed by atoms with van der Waals surface area (Å²) >= 11 is 0. The van der Waals surface area contributed by atoms with E-state index in [-0.39, 0.29) is 1.43 Å². The Morgan fingerprint density at radius 2 is 1.24 bits per heavy atom. The Bertz CT molecular complexity index is 901. The molecule has 0 aliphatic carbocycles. The van der Waals surface area contributed by atoms with Gasteiger partial charge in [0, 0.05) is 19.3 Å². The molecular weight excluding hydrogens is 412 g/mol. The fourth-order valence-electron chi connectivity index (χ4n) is 4.62. The maximum Gasteiger partial charge on any atom is 0.162 e. The highest BCUT2D eigenvalue weighted by Gasteiger charge is 2.13. The van der Waals surface area contributed by atoms with Gasteiger partial charge in [-0.2, -0.15) is 0 Å². The van der Waals surface area contributed by atoms with Gasteiger partial charge in [0.1, 0.15) is 0 Å². The monoisotopic (exact) mass is 458 g/mol. The summed E-state index contributed by atoms with van der Waals surface area (Å²) in [6.07, 6.45) is 7.86. The molecule has 0 fully saturated rings. The third kappa shape index (κ3) is 9.29. The molecule has 0 aromatic heterocycles. The van der Waals surface area contributed by atoms with Crippen LogP contribution in [0.2, 0.25) is 0 Å². The Kier molecular flexibility index (Phi) is 12.4. The van der Waals surface area contributed by atoms with E-state index in [1.54, 1.807) is 0 Å². The zero-order valence-electron chi connectivity index (χ0n) is 22.0. The van der Waals surface area contributed by atoms with E-state index in [0.717, 1.165) is 12.0 Å². The maximum atomic E-state index is 12.1. The summed E-state index contributed by atoms with van der Waals surface area (Å²) in [7, 11) is 0. The second kappa shape index (κ2) is 15.3. The van der Waals surface area contributed by atoms with E-state index in [4.69, 9.17) is 0 Å². The highest BCUT2D eigenvalue weighted by molar-refractivity contribution is 5.96. The molecule has 0 unspecified atom stereocenters. The second-order valence-corrected chi connectivity index (χ2v) is 9.54. The van der Waals surface area contributed by atoms with Crippen molar-refractivity contribution in [2.75, 3.05) is 0 Å². The smallest absolute Gasteiger partial charge is 0.162 e. The SMILES string of the molecule is CCC(CC)CCC(=O)c1cc(C)cc(C)c1.CCCCC(c1ccccc1)c1ccccc1.[HH]. The van der Waals surface area contributed by atoms with Crippen LogP contribution in [0.4, 0.5) is 0 Å². The Hall–Kier alpha value is -2.67. The molecule has 1 nitrogen and oxygen atoms in total. The van der Waals surface area contributed by atoms with Gasteiger partial charge >= 0.3 is 0 Å². The first kappa shape index (κ1) is 27.6. The zero-order valence-corrected chi connectivity index (χ0v) is 22.0. The van der Waals surface area contributed by atoms with Crippen LogP contribution >= 0.6 is 0 Å². The van der Waals surface area contributed by atoms with Gasteiger partial charge in [0.25, 0.3) is 0 Å². The third-order valence-corrected chi connectivity index (χ3v) is 6.73. The maximum absolute atomic E-state index is 12.1. The Morgan fingerprint density at radius 3 is 1.68 bits per heavy atom. The molecule has 0 aliphatic heterocycles. The minimum atomic E-state index is 0. The number of rotatable bonds is 11. The quantitative estimate of drug-likeness (QED) is 0.261. The molecule has 0 aliphatic rings. The predicted molar refractivity (Wildman–Crippen MR) is 150 cm³/mol. The van der Waals surface area contributed by atoms with E-state index in [9.17, 15) is 4.79 Å². The lowest BCUT2D eigenvalue weighted by atomic mass is 9.87. The lowest BCUT2D eigenvalue weighted by Crippen LogP contribution is -2.05. The lowest BCUT2D eigenvalue weighted by molar-refractivity contribution is 0.0973. The van der Waals surface area contributed by atoms with Crippen LogP contribution in [-0.4, -0.2) is 5.78 Å². The van der Waals surface area contributed by atoms with Crippen LogP contribution in [0.15, 0.2) is 78.9 Å². The van der Waals surface area contributed by atoms with Crippen LogP contribution < -0.4 is 0 Å². The van der Waals surface area contributed by atoms with E-state index in [1.165, 1.54) is 54.4 Å². The molecule has 0 saturated heterocycles. The minimum Gasteiger partial charge on any atom is -0.294 e. The summed E-state index contributed by atoms with van der Waals surface area (Å²) in [5.41, 5.74) is 6.11. The number of Topliss-reactive ketones (excluding diaryl/α,β-unsaturated/α-hetero) is 1. The van der Waals surface area contributed by atoms with Gasteiger partial charge in [0.15, 0.2) is 5.78 Å². The van der Waals surface area contributed by atoms with Gasteiger partial charge in [0.2, 0.25) is 0 Å². The highest BCUT2D eigenvalue weighted by atomic mass is 16.1. The molecule has 0 radical (unpaired) electrons. The van der Waals surface area contributed by atoms with Crippen molar-refractivity contribution in [1.82, 2.24) is 0 Å². The number of hydrogen-bond donors (Lipinski definition) is 0. The van der Waals surface area contributed by atoms with Gasteiger partial charge in [-0.25, -0.2) is 0 Å². The number of hydrogen-bond acceptors (Lipinski definition) is 1. The van der Waals surface area contributed by atoms with Crippen LogP contribution in [0.25, 0.3) is 0 Å². The van der Waals surface area contributed by atoms with Gasteiger partial charge in [-0.05, 0) is 55.9 Å². The van der Waals surface area contributed by atoms with Crippen molar-refractivity contribution < 1.29 is 6.22 Å². The largest absolute Gasteiger partial charge is 0.294 e. The van der Waals surface area contributed by atoms with Crippen molar-refractivity contribution in [3.8, 4) is 0 Å². The average Bonchev–Trinajstić information content (AvgIpc) is 2.86. The normalized spacial score (nSPS) is 10.8. The topological polar surface area (TPSA) is 17.1 Å². The molecule has 1 heteroatoms. The molecule has 0 saturated carbocycles. The number of carbonyl (C=O) groups excluding carboxylic acids is 1. The van der Waals surface area contributed by atoms with Crippen molar-refractivity contribution in [3.63, 3.8) is 0 Å². The Labute approximate surface area is 210 Å². The van der Waals surface area contributed by atoms with E-state index in [0.29, 0.717) is 24.0 Å². The molecule has 0 spiro atoms. The standard InChI is InChI=1S/C17H20.C16H24O.H2/c1-2-3-14-17(15-10-6-4-7-11-15)16-12-8-5-9-13-16;1-5-14(6-2)7-8-16(17)15-10-12(3)9-13(4)11-15;/h4-13,17H,2-3,14H2,1H3;9-11,14H,5-8H2,1-4H3;1H. The number of ketones is 1. The summed E-state index contributed by atoms with van der Waals surface area (Å²) in [6, 6.07) is 27.8. The molecule has 0 atom stereocenters. The molecular formula is C33H46O. The van der Waals surface area contributed by atoms with E-state index < -0.39 is 0 Å².